The zero-order valence-corrected chi connectivity index (χ0v) is 19.9. The lowest BCUT2D eigenvalue weighted by Gasteiger charge is -2.21. The Morgan fingerprint density at radius 3 is 2.71 bits per heavy atom. The Morgan fingerprint density at radius 1 is 1.16 bits per heavy atom. The van der Waals surface area contributed by atoms with Crippen LogP contribution in [0.15, 0.2) is 5.16 Å². The molecular weight excluding hydrogens is 432 g/mol. The third kappa shape index (κ3) is 4.82. The van der Waals surface area contributed by atoms with Gasteiger partial charge in [0, 0.05) is 17.3 Å². The fourth-order valence-electron chi connectivity index (χ4n) is 4.57. The maximum Gasteiger partial charge on any atom is 0.341 e. The van der Waals surface area contributed by atoms with Gasteiger partial charge in [-0.05, 0) is 51.5 Å². The van der Waals surface area contributed by atoms with Gasteiger partial charge < -0.3 is 14.6 Å². The molecule has 2 aromatic rings. The minimum atomic E-state index is -0.340. The summed E-state index contributed by atoms with van der Waals surface area (Å²) in [5, 5.41) is 13.2. The lowest BCUT2D eigenvalue weighted by Crippen LogP contribution is -2.17. The Bertz CT molecular complexity index is 947. The molecule has 0 bridgehead atoms. The average molecular weight is 463 g/mol. The van der Waals surface area contributed by atoms with E-state index in [1.807, 2.05) is 0 Å². The number of amides is 1. The standard InChI is InChI=1S/C22H30N4O3S2/c1-3-26-19(14-9-6-5-7-10-14)24-25-22(26)30-13-17(27)23-20-18(21(28)29-4-2)15-11-8-12-16(15)31-20/h14H,3-13H2,1-2H3,(H,23,27). The third-order valence-corrected chi connectivity index (χ3v) is 8.19. The fraction of sp³-hybridized carbons (Fsp3) is 0.636. The molecule has 2 aromatic heterocycles. The quantitative estimate of drug-likeness (QED) is 0.448. The predicted molar refractivity (Wildman–Crippen MR) is 123 cm³/mol. The highest BCUT2D eigenvalue weighted by Crippen LogP contribution is 2.39. The van der Waals surface area contributed by atoms with E-state index < -0.39 is 0 Å². The summed E-state index contributed by atoms with van der Waals surface area (Å²) in [6.45, 7) is 5.01. The van der Waals surface area contributed by atoms with Crippen molar-refractivity contribution in [2.45, 2.75) is 82.8 Å². The molecule has 2 aliphatic rings. The number of anilines is 1. The molecule has 0 spiro atoms. The molecule has 2 aliphatic carbocycles. The Balaban J connectivity index is 1.42. The smallest absolute Gasteiger partial charge is 0.341 e. The molecular formula is C22H30N4O3S2. The number of ether oxygens (including phenoxy) is 1. The molecule has 1 saturated carbocycles. The molecule has 0 radical (unpaired) electrons. The zero-order chi connectivity index (χ0) is 21.8. The SMILES string of the molecule is CCOC(=O)c1c(NC(=O)CSc2nnc(C3CCCCC3)n2CC)sc2c1CCC2. The predicted octanol–water partition coefficient (Wildman–Crippen LogP) is 4.80. The number of hydrogen-bond donors (Lipinski definition) is 1. The second kappa shape index (κ2) is 10.2. The van der Waals surface area contributed by atoms with E-state index in [0.717, 1.165) is 42.4 Å². The topological polar surface area (TPSA) is 86.1 Å². The Morgan fingerprint density at radius 2 is 1.97 bits per heavy atom. The van der Waals surface area contributed by atoms with E-state index in [9.17, 15) is 9.59 Å². The number of fused-ring (bicyclic) bond motifs is 1. The summed E-state index contributed by atoms with van der Waals surface area (Å²) in [7, 11) is 0. The van der Waals surface area contributed by atoms with Gasteiger partial charge in [0.05, 0.1) is 17.9 Å². The van der Waals surface area contributed by atoms with Crippen molar-refractivity contribution in [1.29, 1.82) is 0 Å². The van der Waals surface area contributed by atoms with Gasteiger partial charge in [-0.1, -0.05) is 31.0 Å². The highest BCUT2D eigenvalue weighted by atomic mass is 32.2. The first-order chi connectivity index (χ1) is 15.1. The molecule has 4 rings (SSSR count). The summed E-state index contributed by atoms with van der Waals surface area (Å²) < 4.78 is 7.39. The number of aryl methyl sites for hydroxylation is 1. The second-order valence-corrected chi connectivity index (χ2v) is 10.1. The van der Waals surface area contributed by atoms with E-state index >= 15 is 0 Å². The largest absolute Gasteiger partial charge is 0.462 e. The normalized spacial score (nSPS) is 16.3. The number of rotatable bonds is 8. The molecule has 1 fully saturated rings. The Hall–Kier alpha value is -1.87. The Kier molecular flexibility index (Phi) is 7.32. The van der Waals surface area contributed by atoms with E-state index in [4.69, 9.17) is 4.74 Å². The minimum absolute atomic E-state index is 0.139. The number of nitrogens with one attached hydrogen (secondary N) is 1. The van der Waals surface area contributed by atoms with Gasteiger partial charge in [0.2, 0.25) is 5.91 Å². The van der Waals surface area contributed by atoms with Gasteiger partial charge in [0.1, 0.15) is 10.8 Å². The average Bonchev–Trinajstić information content (AvgIpc) is 3.47. The van der Waals surface area contributed by atoms with Crippen molar-refractivity contribution in [2.75, 3.05) is 17.7 Å². The number of thioether (sulfide) groups is 1. The minimum Gasteiger partial charge on any atom is -0.462 e. The van der Waals surface area contributed by atoms with Gasteiger partial charge in [-0.15, -0.1) is 21.5 Å². The molecule has 9 heteroatoms. The first-order valence-electron chi connectivity index (χ1n) is 11.3. The van der Waals surface area contributed by atoms with Gasteiger partial charge in [0.25, 0.3) is 0 Å². The Labute approximate surface area is 191 Å². The van der Waals surface area contributed by atoms with Crippen molar-refractivity contribution in [2.24, 2.45) is 0 Å². The van der Waals surface area contributed by atoms with Gasteiger partial charge in [-0.3, -0.25) is 4.79 Å². The monoisotopic (exact) mass is 462 g/mol. The molecule has 1 amide bonds. The van der Waals surface area contributed by atoms with Crippen molar-refractivity contribution >= 4 is 40.0 Å². The van der Waals surface area contributed by atoms with Gasteiger partial charge in [0.15, 0.2) is 5.16 Å². The number of carbonyl (C=O) groups excluding carboxylic acids is 2. The molecule has 7 nitrogen and oxygen atoms in total. The van der Waals surface area contributed by atoms with E-state index in [2.05, 4.69) is 27.0 Å². The van der Waals surface area contributed by atoms with Crippen LogP contribution in [0.1, 0.15) is 84.9 Å². The number of carbonyl (C=O) groups is 2. The second-order valence-electron chi connectivity index (χ2n) is 8.04. The molecule has 168 valence electrons. The van der Waals surface area contributed by atoms with Crippen molar-refractivity contribution in [3.05, 3.63) is 21.8 Å². The van der Waals surface area contributed by atoms with E-state index in [1.165, 1.54) is 60.1 Å². The van der Waals surface area contributed by atoms with Gasteiger partial charge in [-0.25, -0.2) is 4.79 Å². The number of thiophene rings is 1. The van der Waals surface area contributed by atoms with Crippen LogP contribution in [0.3, 0.4) is 0 Å². The molecule has 1 N–H and O–H groups in total. The molecule has 0 saturated heterocycles. The van der Waals surface area contributed by atoms with Crippen LogP contribution >= 0.6 is 23.1 Å². The van der Waals surface area contributed by atoms with Crippen LogP contribution in [-0.4, -0.2) is 39.0 Å². The van der Waals surface area contributed by atoms with Crippen LogP contribution in [0.25, 0.3) is 0 Å². The highest BCUT2D eigenvalue weighted by Gasteiger charge is 2.28. The lowest BCUT2D eigenvalue weighted by atomic mass is 9.89. The highest BCUT2D eigenvalue weighted by molar-refractivity contribution is 7.99. The first-order valence-corrected chi connectivity index (χ1v) is 13.1. The molecule has 0 atom stereocenters. The van der Waals surface area contributed by atoms with Crippen LogP contribution in [0.5, 0.6) is 0 Å². The number of aromatic nitrogens is 3. The number of esters is 1. The summed E-state index contributed by atoms with van der Waals surface area (Å²) in [4.78, 5) is 26.4. The summed E-state index contributed by atoms with van der Waals surface area (Å²) in [6, 6.07) is 0. The van der Waals surface area contributed by atoms with Crippen LogP contribution < -0.4 is 5.32 Å². The molecule has 0 unspecified atom stereocenters. The van der Waals surface area contributed by atoms with Gasteiger partial charge in [-0.2, -0.15) is 0 Å². The molecule has 31 heavy (non-hydrogen) atoms. The van der Waals surface area contributed by atoms with Crippen molar-refractivity contribution < 1.29 is 14.3 Å². The maximum absolute atomic E-state index is 12.7. The lowest BCUT2D eigenvalue weighted by molar-refractivity contribution is -0.113. The van der Waals surface area contributed by atoms with Crippen molar-refractivity contribution in [1.82, 2.24) is 14.8 Å². The van der Waals surface area contributed by atoms with E-state index in [-0.39, 0.29) is 17.6 Å². The van der Waals surface area contributed by atoms with Crippen LogP contribution in [-0.2, 0) is 28.9 Å². The van der Waals surface area contributed by atoms with E-state index in [1.54, 1.807) is 6.92 Å². The first kappa shape index (κ1) is 22.3. The number of hydrogen-bond acceptors (Lipinski definition) is 7. The summed E-state index contributed by atoms with van der Waals surface area (Å²) in [5.41, 5.74) is 1.60. The van der Waals surface area contributed by atoms with Crippen molar-refractivity contribution in [3.63, 3.8) is 0 Å². The fourth-order valence-corrected chi connectivity index (χ4v) is 6.67. The molecule has 0 aliphatic heterocycles. The summed E-state index contributed by atoms with van der Waals surface area (Å²) in [5.74, 6) is 1.29. The van der Waals surface area contributed by atoms with Gasteiger partial charge >= 0.3 is 5.97 Å². The summed E-state index contributed by atoms with van der Waals surface area (Å²) in [6.07, 6.45) is 9.02. The molecule has 0 aromatic carbocycles. The maximum atomic E-state index is 12.7. The van der Waals surface area contributed by atoms with Crippen LogP contribution in [0, 0.1) is 0 Å². The van der Waals surface area contributed by atoms with Crippen molar-refractivity contribution in [3.8, 4) is 0 Å². The zero-order valence-electron chi connectivity index (χ0n) is 18.2. The van der Waals surface area contributed by atoms with Crippen LogP contribution in [0.4, 0.5) is 5.00 Å². The van der Waals surface area contributed by atoms with E-state index in [0.29, 0.717) is 23.1 Å². The third-order valence-electron chi connectivity index (χ3n) is 6.02. The van der Waals surface area contributed by atoms with Crippen LogP contribution in [0.2, 0.25) is 0 Å². The summed E-state index contributed by atoms with van der Waals surface area (Å²) >= 11 is 2.91. The number of nitrogens with zero attached hydrogens (tertiary/aromatic N) is 3. The molecule has 2 heterocycles.